The number of nitrogens with one attached hydrogen (secondary N) is 2. The van der Waals surface area contributed by atoms with Crippen molar-refractivity contribution in [1.29, 1.82) is 0 Å². The van der Waals surface area contributed by atoms with Crippen LogP contribution in [0.25, 0.3) is 0 Å². The summed E-state index contributed by atoms with van der Waals surface area (Å²) in [6.07, 6.45) is 0. The van der Waals surface area contributed by atoms with Crippen LogP contribution in [0.2, 0.25) is 0 Å². The van der Waals surface area contributed by atoms with Gasteiger partial charge in [0.25, 0.3) is 0 Å². The van der Waals surface area contributed by atoms with Crippen molar-refractivity contribution in [3.05, 3.63) is 11.9 Å². The Hall–Kier alpha value is -2.18. The maximum Gasteiger partial charge on any atom is 0.246 e. The first kappa shape index (κ1) is 11.3. The van der Waals surface area contributed by atoms with Crippen LogP contribution in [0.4, 0.5) is 11.6 Å². The lowest BCUT2D eigenvalue weighted by Crippen LogP contribution is -2.51. The number of imide groups is 1. The summed E-state index contributed by atoms with van der Waals surface area (Å²) in [4.78, 5) is 32.5. The quantitative estimate of drug-likeness (QED) is 0.658. The first-order valence-electron chi connectivity index (χ1n) is 5.19. The molecule has 1 fully saturated rings. The molecule has 7 nitrogen and oxygen atoms in total. The van der Waals surface area contributed by atoms with Gasteiger partial charge < -0.3 is 10.2 Å². The number of hydrogen-bond acceptors (Lipinski definition) is 6. The van der Waals surface area contributed by atoms with Gasteiger partial charge in [-0.3, -0.25) is 14.9 Å². The van der Waals surface area contributed by atoms with Gasteiger partial charge in [-0.1, -0.05) is 0 Å². The lowest BCUT2D eigenvalue weighted by molar-refractivity contribution is -0.130. The van der Waals surface area contributed by atoms with Gasteiger partial charge in [0.15, 0.2) is 0 Å². The number of hydrogen-bond donors (Lipinski definition) is 2. The minimum absolute atomic E-state index is 0.130. The molecule has 1 aliphatic heterocycles. The molecule has 90 valence electrons. The Labute approximate surface area is 98.2 Å². The van der Waals surface area contributed by atoms with Crippen LogP contribution in [0.3, 0.4) is 0 Å². The van der Waals surface area contributed by atoms with Crippen LogP contribution in [0.5, 0.6) is 0 Å². The molecule has 7 heteroatoms. The SMILES string of the molecule is CNc1cc(N2CC(=O)NC(=O)C2)nc(C)n1. The van der Waals surface area contributed by atoms with E-state index in [4.69, 9.17) is 0 Å². The zero-order chi connectivity index (χ0) is 12.4. The van der Waals surface area contributed by atoms with Crippen molar-refractivity contribution in [3.63, 3.8) is 0 Å². The minimum atomic E-state index is -0.316. The van der Waals surface area contributed by atoms with Crippen LogP contribution in [0, 0.1) is 6.92 Å². The van der Waals surface area contributed by atoms with Crippen LogP contribution in [-0.2, 0) is 9.59 Å². The molecule has 0 aromatic carbocycles. The number of carbonyl (C=O) groups is 2. The average Bonchev–Trinajstić information content (AvgIpc) is 2.26. The second-order valence-electron chi connectivity index (χ2n) is 3.74. The summed E-state index contributed by atoms with van der Waals surface area (Å²) in [6, 6.07) is 1.71. The molecule has 1 aromatic rings. The molecule has 2 rings (SSSR count). The maximum atomic E-state index is 11.3. The van der Waals surface area contributed by atoms with E-state index >= 15 is 0 Å². The Morgan fingerprint density at radius 2 is 1.94 bits per heavy atom. The standard InChI is InChI=1S/C10H13N5O2/c1-6-12-7(11-2)3-8(13-6)15-4-9(16)14-10(17)5-15/h3H,4-5H2,1-2H3,(H,11,12,13)(H,14,16,17). The maximum absolute atomic E-state index is 11.3. The van der Waals surface area contributed by atoms with Crippen LogP contribution < -0.4 is 15.5 Å². The Morgan fingerprint density at radius 1 is 1.29 bits per heavy atom. The molecule has 17 heavy (non-hydrogen) atoms. The van der Waals surface area contributed by atoms with Crippen molar-refractivity contribution < 1.29 is 9.59 Å². The van der Waals surface area contributed by atoms with Crippen LogP contribution >= 0.6 is 0 Å². The van der Waals surface area contributed by atoms with Gasteiger partial charge in [-0.2, -0.15) is 0 Å². The molecule has 0 bridgehead atoms. The van der Waals surface area contributed by atoms with Crippen LogP contribution in [0.1, 0.15) is 5.82 Å². The first-order valence-corrected chi connectivity index (χ1v) is 5.19. The van der Waals surface area contributed by atoms with Gasteiger partial charge in [-0.15, -0.1) is 0 Å². The molecule has 0 spiro atoms. The topological polar surface area (TPSA) is 87.2 Å². The molecule has 0 atom stereocenters. The fourth-order valence-corrected chi connectivity index (χ4v) is 1.64. The molecule has 1 aromatic heterocycles. The molecule has 0 radical (unpaired) electrons. The number of rotatable bonds is 2. The van der Waals surface area contributed by atoms with E-state index in [-0.39, 0.29) is 24.9 Å². The van der Waals surface area contributed by atoms with E-state index in [1.165, 1.54) is 0 Å². The largest absolute Gasteiger partial charge is 0.373 e. The van der Waals surface area contributed by atoms with Crippen molar-refractivity contribution in [2.24, 2.45) is 0 Å². The van der Waals surface area contributed by atoms with Crippen LogP contribution in [-0.4, -0.2) is 41.9 Å². The smallest absolute Gasteiger partial charge is 0.246 e. The third kappa shape index (κ3) is 2.49. The van der Waals surface area contributed by atoms with E-state index < -0.39 is 0 Å². The normalized spacial score (nSPS) is 15.8. The van der Waals surface area contributed by atoms with Gasteiger partial charge in [-0.25, -0.2) is 9.97 Å². The van der Waals surface area contributed by atoms with Crippen molar-refractivity contribution >= 4 is 23.5 Å². The molecule has 1 aliphatic rings. The zero-order valence-corrected chi connectivity index (χ0v) is 9.65. The molecule has 2 N–H and O–H groups in total. The molecule has 2 heterocycles. The summed E-state index contributed by atoms with van der Waals surface area (Å²) in [5.74, 6) is 1.19. The number of nitrogens with zero attached hydrogens (tertiary/aromatic N) is 3. The van der Waals surface area contributed by atoms with Gasteiger partial charge in [0.2, 0.25) is 11.8 Å². The first-order chi connectivity index (χ1) is 8.08. The number of piperazine rings is 1. The molecule has 1 saturated heterocycles. The van der Waals surface area contributed by atoms with Crippen molar-refractivity contribution in [2.75, 3.05) is 30.4 Å². The average molecular weight is 235 g/mol. The zero-order valence-electron chi connectivity index (χ0n) is 9.65. The second kappa shape index (κ2) is 4.36. The molecule has 0 aliphatic carbocycles. The number of amides is 2. The Kier molecular flexibility index (Phi) is 2.90. The summed E-state index contributed by atoms with van der Waals surface area (Å²) < 4.78 is 0. The lowest BCUT2D eigenvalue weighted by Gasteiger charge is -2.26. The van der Waals surface area contributed by atoms with E-state index in [0.717, 1.165) is 0 Å². The highest BCUT2D eigenvalue weighted by atomic mass is 16.2. The summed E-state index contributed by atoms with van der Waals surface area (Å²) in [7, 11) is 1.75. The number of anilines is 2. The lowest BCUT2D eigenvalue weighted by atomic mass is 10.3. The molecule has 0 saturated carbocycles. The summed E-state index contributed by atoms with van der Waals surface area (Å²) in [5, 5.41) is 5.15. The van der Waals surface area contributed by atoms with E-state index in [2.05, 4.69) is 20.6 Å². The van der Waals surface area contributed by atoms with E-state index in [1.807, 2.05) is 0 Å². The predicted molar refractivity (Wildman–Crippen MR) is 61.7 cm³/mol. The highest BCUT2D eigenvalue weighted by molar-refractivity contribution is 6.02. The Balaban J connectivity index is 2.29. The monoisotopic (exact) mass is 235 g/mol. The summed E-state index contributed by atoms with van der Waals surface area (Å²) >= 11 is 0. The van der Waals surface area contributed by atoms with Gasteiger partial charge >= 0.3 is 0 Å². The second-order valence-corrected chi connectivity index (χ2v) is 3.74. The minimum Gasteiger partial charge on any atom is -0.373 e. The van der Waals surface area contributed by atoms with Gasteiger partial charge in [0.05, 0.1) is 13.1 Å². The highest BCUT2D eigenvalue weighted by Gasteiger charge is 2.23. The van der Waals surface area contributed by atoms with E-state index in [1.54, 1.807) is 24.9 Å². The van der Waals surface area contributed by atoms with Crippen molar-refractivity contribution in [1.82, 2.24) is 15.3 Å². The Morgan fingerprint density at radius 3 is 2.53 bits per heavy atom. The molecular formula is C10H13N5O2. The number of carbonyl (C=O) groups excluding carboxylic acids is 2. The Bertz CT molecular complexity index is 458. The van der Waals surface area contributed by atoms with Crippen molar-refractivity contribution in [3.8, 4) is 0 Å². The van der Waals surface area contributed by atoms with Gasteiger partial charge in [-0.05, 0) is 6.92 Å². The van der Waals surface area contributed by atoms with Crippen molar-refractivity contribution in [2.45, 2.75) is 6.92 Å². The summed E-state index contributed by atoms with van der Waals surface area (Å²) in [5.41, 5.74) is 0. The molecule has 2 amide bonds. The number of aryl methyl sites for hydroxylation is 1. The fraction of sp³-hybridized carbons (Fsp3) is 0.400. The highest BCUT2D eigenvalue weighted by Crippen LogP contribution is 2.16. The molecule has 0 unspecified atom stereocenters. The van der Waals surface area contributed by atoms with E-state index in [9.17, 15) is 9.59 Å². The third-order valence-corrected chi connectivity index (χ3v) is 2.35. The van der Waals surface area contributed by atoms with Crippen LogP contribution in [0.15, 0.2) is 6.07 Å². The molecular weight excluding hydrogens is 222 g/mol. The predicted octanol–water partition coefficient (Wildman–Crippen LogP) is -0.710. The van der Waals surface area contributed by atoms with Gasteiger partial charge in [0, 0.05) is 13.1 Å². The summed E-state index contributed by atoms with van der Waals surface area (Å²) in [6.45, 7) is 2.02. The number of aromatic nitrogens is 2. The third-order valence-electron chi connectivity index (χ3n) is 2.35. The fourth-order valence-electron chi connectivity index (χ4n) is 1.64. The van der Waals surface area contributed by atoms with Gasteiger partial charge in [0.1, 0.15) is 17.5 Å². The van der Waals surface area contributed by atoms with E-state index in [0.29, 0.717) is 17.5 Å².